The van der Waals surface area contributed by atoms with Gasteiger partial charge in [0.15, 0.2) is 25.2 Å². The van der Waals surface area contributed by atoms with E-state index in [2.05, 4.69) is 0 Å². The van der Waals surface area contributed by atoms with Gasteiger partial charge in [0.2, 0.25) is 6.41 Å². The zero-order chi connectivity index (χ0) is 35.2. The second-order valence-electron chi connectivity index (χ2n) is 12.4. The summed E-state index contributed by atoms with van der Waals surface area (Å²) in [5.41, 5.74) is 0. The molecule has 18 nitrogen and oxygen atoms in total. The lowest BCUT2D eigenvalue weighted by atomic mass is 9.91. The van der Waals surface area contributed by atoms with E-state index in [0.29, 0.717) is 6.41 Å². The summed E-state index contributed by atoms with van der Waals surface area (Å²) in [7, 11) is 2.76. The number of hydrogen-bond acceptors (Lipinski definition) is 17. The Morgan fingerprint density at radius 2 is 1.53 bits per heavy atom. The molecular formula is C29H53NO17. The second kappa shape index (κ2) is 18.2. The van der Waals surface area contributed by atoms with Crippen molar-refractivity contribution in [1.29, 1.82) is 0 Å². The van der Waals surface area contributed by atoms with Crippen molar-refractivity contribution < 1.29 is 83.5 Å². The zero-order valence-electron chi connectivity index (χ0n) is 27.5. The zero-order valence-corrected chi connectivity index (χ0v) is 27.5. The van der Waals surface area contributed by atoms with E-state index in [1.54, 1.807) is 20.8 Å². The van der Waals surface area contributed by atoms with E-state index >= 15 is 0 Å². The van der Waals surface area contributed by atoms with Crippen molar-refractivity contribution in [2.75, 3.05) is 33.9 Å². The largest absolute Gasteiger partial charge is 0.394 e. The molecule has 1 amide bonds. The van der Waals surface area contributed by atoms with Crippen LogP contribution in [0.3, 0.4) is 0 Å². The van der Waals surface area contributed by atoms with E-state index in [0.717, 1.165) is 4.90 Å². The Hall–Kier alpha value is -1.17. The second-order valence-corrected chi connectivity index (χ2v) is 12.4. The summed E-state index contributed by atoms with van der Waals surface area (Å²) in [6.07, 6.45) is -22.3. The van der Waals surface area contributed by atoms with Gasteiger partial charge in [-0.05, 0) is 20.8 Å². The van der Waals surface area contributed by atoms with Gasteiger partial charge in [0, 0.05) is 33.0 Å². The molecule has 0 radical (unpaired) electrons. The summed E-state index contributed by atoms with van der Waals surface area (Å²) in [6.45, 7) is 4.76. The first kappa shape index (κ1) is 40.3. The summed E-state index contributed by atoms with van der Waals surface area (Å²) < 4.78 is 46.7. The number of amides is 1. The van der Waals surface area contributed by atoms with Gasteiger partial charge in [0.05, 0.1) is 37.6 Å². The van der Waals surface area contributed by atoms with Crippen LogP contribution in [0, 0.1) is 5.92 Å². The van der Waals surface area contributed by atoms with Crippen molar-refractivity contribution in [1.82, 2.24) is 4.90 Å². The lowest BCUT2D eigenvalue weighted by Gasteiger charge is -2.47. The molecule has 8 N–H and O–H groups in total. The molecule has 3 fully saturated rings. The number of carbonyl (C=O) groups is 1. The highest BCUT2D eigenvalue weighted by Gasteiger charge is 2.52. The monoisotopic (exact) mass is 687 g/mol. The lowest BCUT2D eigenvalue weighted by molar-refractivity contribution is -0.375. The highest BCUT2D eigenvalue weighted by Crippen LogP contribution is 2.33. The standard InChI is InChI=1S/C29H53NO17/c1-12-7-16(34)21(36)27(41-12)46-25(19(10-32)43-15(4)40-6)17(8-30(5)11-33)44-29-26(23(38)22(37)18(9-31)45-29)47-28-24(39)20(35)13(2)14(3)42-28/h11-29,31-32,34-39H,7-10H2,1-6H3/t12?,13-,14?,15?,16?,17-,18?,19?,20?,21+,22+,23+,24+,25+,26?,27+,28+,29-/m1/s1. The number of likely N-dealkylation sites (N-methyl/N-ethyl adjacent to an activating group) is 1. The predicted molar refractivity (Wildman–Crippen MR) is 156 cm³/mol. The number of aliphatic hydroxyl groups is 8. The van der Waals surface area contributed by atoms with Gasteiger partial charge in [-0.25, -0.2) is 0 Å². The van der Waals surface area contributed by atoms with Crippen molar-refractivity contribution in [2.24, 2.45) is 5.92 Å². The molecule has 0 aromatic rings. The van der Waals surface area contributed by atoms with Gasteiger partial charge in [-0.1, -0.05) is 6.92 Å². The minimum atomic E-state index is -1.80. The van der Waals surface area contributed by atoms with E-state index in [4.69, 9.17) is 37.9 Å². The van der Waals surface area contributed by atoms with Crippen LogP contribution in [0.5, 0.6) is 0 Å². The van der Waals surface area contributed by atoms with Crippen LogP contribution < -0.4 is 0 Å². The number of methoxy groups -OCH3 is 1. The average Bonchev–Trinajstić information content (AvgIpc) is 3.04. The van der Waals surface area contributed by atoms with Gasteiger partial charge in [-0.3, -0.25) is 4.79 Å². The van der Waals surface area contributed by atoms with Crippen LogP contribution in [0.25, 0.3) is 0 Å². The number of carbonyl (C=O) groups excluding carboxylic acids is 1. The van der Waals surface area contributed by atoms with Crippen LogP contribution in [0.15, 0.2) is 0 Å². The molecule has 8 unspecified atom stereocenters. The molecule has 0 aromatic heterocycles. The minimum absolute atomic E-state index is 0.110. The van der Waals surface area contributed by atoms with Crippen molar-refractivity contribution in [3.05, 3.63) is 0 Å². The SMILES string of the molecule is COC(C)OC(CO)[C@@H](O[C@@H]1OC(C)CC(O)[C@@H]1O)[C@@H](CN(C)C=O)O[C@@H]1OC(CO)[C@H](O)[C@H](O)C1O[C@@H]1OC(C)[C@@H](C)C(O)[C@@H]1O. The first-order valence-electron chi connectivity index (χ1n) is 15.7. The van der Waals surface area contributed by atoms with E-state index in [9.17, 15) is 45.6 Å². The van der Waals surface area contributed by atoms with Crippen molar-refractivity contribution >= 4 is 6.41 Å². The smallest absolute Gasteiger partial charge is 0.209 e. The average molecular weight is 688 g/mol. The van der Waals surface area contributed by atoms with Gasteiger partial charge in [0.25, 0.3) is 0 Å². The fourth-order valence-electron chi connectivity index (χ4n) is 5.70. The molecule has 276 valence electrons. The molecule has 0 spiro atoms. The Kier molecular flexibility index (Phi) is 15.6. The summed E-state index contributed by atoms with van der Waals surface area (Å²) in [5, 5.41) is 84.6. The molecule has 3 aliphatic rings. The highest BCUT2D eigenvalue weighted by molar-refractivity contribution is 5.46. The third-order valence-corrected chi connectivity index (χ3v) is 8.84. The Morgan fingerprint density at radius 3 is 2.13 bits per heavy atom. The summed E-state index contributed by atoms with van der Waals surface area (Å²) in [4.78, 5) is 13.0. The molecular weight excluding hydrogens is 634 g/mol. The molecule has 47 heavy (non-hydrogen) atoms. The quantitative estimate of drug-likeness (QED) is 0.0568. The number of ether oxygens (including phenoxy) is 8. The number of rotatable bonds is 16. The number of hydrogen-bond donors (Lipinski definition) is 8. The Bertz CT molecular complexity index is 937. The maximum atomic E-state index is 11.8. The molecule has 3 rings (SSSR count). The van der Waals surface area contributed by atoms with E-state index < -0.39 is 124 Å². The van der Waals surface area contributed by atoms with Crippen molar-refractivity contribution in [3.8, 4) is 0 Å². The van der Waals surface area contributed by atoms with Gasteiger partial charge < -0.3 is 83.6 Å². The van der Waals surface area contributed by atoms with Crippen LogP contribution in [0.4, 0.5) is 0 Å². The minimum Gasteiger partial charge on any atom is -0.394 e. The normalized spacial score (nSPS) is 42.3. The Labute approximate surface area is 273 Å². The van der Waals surface area contributed by atoms with E-state index in [1.165, 1.54) is 21.1 Å². The van der Waals surface area contributed by atoms with Gasteiger partial charge in [0.1, 0.15) is 54.9 Å². The molecule has 18 atom stereocenters. The third-order valence-electron chi connectivity index (χ3n) is 8.84. The molecule has 3 aliphatic heterocycles. The van der Waals surface area contributed by atoms with E-state index in [-0.39, 0.29) is 13.0 Å². The van der Waals surface area contributed by atoms with Crippen LogP contribution in [-0.4, -0.2) is 191 Å². The maximum absolute atomic E-state index is 11.8. The number of nitrogens with zero attached hydrogens (tertiary/aromatic N) is 1. The Morgan fingerprint density at radius 1 is 0.851 bits per heavy atom. The molecule has 0 bridgehead atoms. The van der Waals surface area contributed by atoms with Crippen LogP contribution >= 0.6 is 0 Å². The molecule has 3 heterocycles. The van der Waals surface area contributed by atoms with Crippen LogP contribution in [0.2, 0.25) is 0 Å². The van der Waals surface area contributed by atoms with Gasteiger partial charge in [-0.15, -0.1) is 0 Å². The topological polar surface area (TPSA) is 256 Å². The van der Waals surface area contributed by atoms with E-state index in [1.807, 2.05) is 0 Å². The summed E-state index contributed by atoms with van der Waals surface area (Å²) >= 11 is 0. The van der Waals surface area contributed by atoms with Crippen molar-refractivity contribution in [3.63, 3.8) is 0 Å². The molecule has 0 saturated carbocycles. The van der Waals surface area contributed by atoms with Gasteiger partial charge in [-0.2, -0.15) is 0 Å². The highest BCUT2D eigenvalue weighted by atomic mass is 16.8. The molecule has 3 saturated heterocycles. The van der Waals surface area contributed by atoms with Crippen LogP contribution in [-0.2, 0) is 42.7 Å². The number of aliphatic hydroxyl groups excluding tert-OH is 8. The first-order chi connectivity index (χ1) is 22.2. The maximum Gasteiger partial charge on any atom is 0.209 e. The van der Waals surface area contributed by atoms with Crippen LogP contribution in [0.1, 0.15) is 34.1 Å². The third kappa shape index (κ3) is 9.97. The Balaban J connectivity index is 2.02. The lowest BCUT2D eigenvalue weighted by Crippen LogP contribution is -2.65. The molecule has 18 heteroatoms. The first-order valence-corrected chi connectivity index (χ1v) is 15.7. The fourth-order valence-corrected chi connectivity index (χ4v) is 5.70. The molecule has 0 aliphatic carbocycles. The molecule has 0 aromatic carbocycles. The van der Waals surface area contributed by atoms with Crippen molar-refractivity contribution in [2.45, 2.75) is 139 Å². The fraction of sp³-hybridized carbons (Fsp3) is 0.966. The summed E-state index contributed by atoms with van der Waals surface area (Å²) in [5.74, 6) is -0.474. The summed E-state index contributed by atoms with van der Waals surface area (Å²) in [6, 6.07) is 0. The van der Waals surface area contributed by atoms with Gasteiger partial charge >= 0.3 is 0 Å². The predicted octanol–water partition coefficient (Wildman–Crippen LogP) is -4.00.